The number of nitrogens with one attached hydrogen (secondary N) is 3. The van der Waals surface area contributed by atoms with Crippen molar-refractivity contribution in [1.82, 2.24) is 10.6 Å². The summed E-state index contributed by atoms with van der Waals surface area (Å²) >= 11 is 0. The van der Waals surface area contributed by atoms with Crippen LogP contribution < -0.4 is 25.4 Å². The quantitative estimate of drug-likeness (QED) is 0.553. The van der Waals surface area contributed by atoms with Crippen molar-refractivity contribution in [3.63, 3.8) is 0 Å². The third-order valence-corrected chi connectivity index (χ3v) is 3.97. The van der Waals surface area contributed by atoms with Gasteiger partial charge in [0.15, 0.2) is 17.5 Å². The number of carbonyl (C=O) groups is 1. The molecule has 1 aliphatic rings. The van der Waals surface area contributed by atoms with Crippen LogP contribution >= 0.6 is 0 Å². The Hall–Kier alpha value is -3.42. The third-order valence-electron chi connectivity index (χ3n) is 3.97. The fourth-order valence-corrected chi connectivity index (χ4v) is 2.52. The lowest BCUT2D eigenvalue weighted by Crippen LogP contribution is -2.36. The number of rotatable bonds is 5. The molecule has 2 aromatic rings. The molecular formula is C19H22N4O4. The molecule has 1 amide bonds. The number of hydrogen-bond acceptors (Lipinski definition) is 5. The number of nitrogens with zero attached hydrogens (tertiary/aromatic N) is 1. The van der Waals surface area contributed by atoms with Crippen LogP contribution in [0.3, 0.4) is 0 Å². The van der Waals surface area contributed by atoms with Crippen molar-refractivity contribution < 1.29 is 19.0 Å². The van der Waals surface area contributed by atoms with Gasteiger partial charge in [-0.15, -0.1) is 0 Å². The first-order valence-corrected chi connectivity index (χ1v) is 8.45. The largest absolute Gasteiger partial charge is 0.454 e. The molecule has 8 nitrogen and oxygen atoms in total. The lowest BCUT2D eigenvalue weighted by atomic mass is 10.2. The van der Waals surface area contributed by atoms with E-state index >= 15 is 0 Å². The maximum atomic E-state index is 11.2. The molecule has 1 heterocycles. The normalized spacial score (nSPS) is 12.4. The van der Waals surface area contributed by atoms with Crippen LogP contribution in [0.5, 0.6) is 11.5 Å². The van der Waals surface area contributed by atoms with Gasteiger partial charge in [0, 0.05) is 25.8 Å². The second kappa shape index (κ2) is 8.79. The molecule has 0 fully saturated rings. The Kier molecular flexibility index (Phi) is 5.98. The van der Waals surface area contributed by atoms with E-state index < -0.39 is 6.09 Å². The van der Waals surface area contributed by atoms with Gasteiger partial charge in [0.25, 0.3) is 0 Å². The van der Waals surface area contributed by atoms with Crippen molar-refractivity contribution in [3.8, 4) is 11.5 Å². The van der Waals surface area contributed by atoms with Gasteiger partial charge >= 0.3 is 6.09 Å². The fourth-order valence-electron chi connectivity index (χ4n) is 2.52. The van der Waals surface area contributed by atoms with E-state index in [2.05, 4.69) is 25.7 Å². The Morgan fingerprint density at radius 2 is 1.70 bits per heavy atom. The van der Waals surface area contributed by atoms with Crippen LogP contribution in [0.1, 0.15) is 11.1 Å². The van der Waals surface area contributed by atoms with Gasteiger partial charge in [-0.3, -0.25) is 10.3 Å². The minimum atomic E-state index is -0.492. The smallest absolute Gasteiger partial charge is 0.411 e. The highest BCUT2D eigenvalue weighted by molar-refractivity contribution is 5.84. The van der Waals surface area contributed by atoms with E-state index in [0.29, 0.717) is 24.7 Å². The van der Waals surface area contributed by atoms with Crippen LogP contribution in [-0.4, -0.2) is 33.0 Å². The number of anilines is 1. The average Bonchev–Trinajstić information content (AvgIpc) is 3.17. The molecule has 0 unspecified atom stereocenters. The molecule has 1 aliphatic heterocycles. The van der Waals surface area contributed by atoms with Gasteiger partial charge in [0.1, 0.15) is 0 Å². The molecule has 0 bridgehead atoms. The molecule has 2 aromatic carbocycles. The maximum Gasteiger partial charge on any atom is 0.411 e. The fraction of sp³-hybridized carbons (Fsp3) is 0.263. The van der Waals surface area contributed by atoms with Crippen molar-refractivity contribution in [2.75, 3.05) is 26.3 Å². The van der Waals surface area contributed by atoms with Gasteiger partial charge in [0.05, 0.1) is 7.11 Å². The number of hydrogen-bond donors (Lipinski definition) is 3. The van der Waals surface area contributed by atoms with Crippen molar-refractivity contribution >= 4 is 17.7 Å². The van der Waals surface area contributed by atoms with Crippen LogP contribution in [0.4, 0.5) is 10.5 Å². The zero-order chi connectivity index (χ0) is 19.1. The molecule has 0 saturated heterocycles. The first kappa shape index (κ1) is 18.4. The minimum Gasteiger partial charge on any atom is -0.454 e. The second-order valence-corrected chi connectivity index (χ2v) is 5.78. The molecule has 0 aromatic heterocycles. The Labute approximate surface area is 157 Å². The number of benzene rings is 2. The van der Waals surface area contributed by atoms with E-state index in [1.54, 1.807) is 7.05 Å². The standard InChI is InChI=1S/C19H22N4O4/c1-20-18(22-11-14-5-8-16-17(9-14)27-12-26-16)21-10-13-3-6-15(7-4-13)23-19(24)25-2/h3-9H,10-12H2,1-2H3,(H,23,24)(H2,20,21,22). The van der Waals surface area contributed by atoms with Crippen LogP contribution in [0.2, 0.25) is 0 Å². The van der Waals surface area contributed by atoms with Crippen molar-refractivity contribution in [1.29, 1.82) is 0 Å². The lowest BCUT2D eigenvalue weighted by molar-refractivity contribution is 0.174. The Morgan fingerprint density at radius 1 is 1.04 bits per heavy atom. The molecule has 0 aliphatic carbocycles. The van der Waals surface area contributed by atoms with Crippen LogP contribution in [0.25, 0.3) is 0 Å². The van der Waals surface area contributed by atoms with Crippen molar-refractivity contribution in [2.45, 2.75) is 13.1 Å². The van der Waals surface area contributed by atoms with E-state index in [1.807, 2.05) is 42.5 Å². The molecule has 0 radical (unpaired) electrons. The number of ether oxygens (including phenoxy) is 3. The zero-order valence-electron chi connectivity index (χ0n) is 15.2. The third kappa shape index (κ3) is 5.04. The topological polar surface area (TPSA) is 93.2 Å². The first-order chi connectivity index (χ1) is 13.2. The monoisotopic (exact) mass is 370 g/mol. The highest BCUT2D eigenvalue weighted by Gasteiger charge is 2.13. The van der Waals surface area contributed by atoms with Gasteiger partial charge in [-0.25, -0.2) is 4.79 Å². The summed E-state index contributed by atoms with van der Waals surface area (Å²) < 4.78 is 15.3. The molecule has 0 atom stereocenters. The number of methoxy groups -OCH3 is 1. The minimum absolute atomic E-state index is 0.267. The summed E-state index contributed by atoms with van der Waals surface area (Å²) in [4.78, 5) is 15.4. The average molecular weight is 370 g/mol. The highest BCUT2D eigenvalue weighted by Crippen LogP contribution is 2.32. The van der Waals surface area contributed by atoms with Gasteiger partial charge < -0.3 is 24.8 Å². The lowest BCUT2D eigenvalue weighted by Gasteiger charge is -2.12. The maximum absolute atomic E-state index is 11.2. The van der Waals surface area contributed by atoms with Gasteiger partial charge in [0.2, 0.25) is 6.79 Å². The van der Waals surface area contributed by atoms with Crippen LogP contribution in [-0.2, 0) is 17.8 Å². The molecular weight excluding hydrogens is 348 g/mol. The summed E-state index contributed by atoms with van der Waals surface area (Å²) in [6.45, 7) is 1.47. The van der Waals surface area contributed by atoms with Crippen molar-refractivity contribution in [3.05, 3.63) is 53.6 Å². The predicted molar refractivity (Wildman–Crippen MR) is 102 cm³/mol. The van der Waals surface area contributed by atoms with E-state index in [-0.39, 0.29) is 6.79 Å². The summed E-state index contributed by atoms with van der Waals surface area (Å²) in [6, 6.07) is 13.3. The first-order valence-electron chi connectivity index (χ1n) is 8.45. The van der Waals surface area contributed by atoms with Crippen LogP contribution in [0, 0.1) is 0 Å². The molecule has 8 heteroatoms. The molecule has 3 rings (SSSR count). The summed E-state index contributed by atoms with van der Waals surface area (Å²) in [6.07, 6.45) is -0.492. The van der Waals surface area contributed by atoms with Crippen molar-refractivity contribution in [2.24, 2.45) is 4.99 Å². The molecule has 3 N–H and O–H groups in total. The number of guanidine groups is 1. The zero-order valence-corrected chi connectivity index (χ0v) is 15.2. The van der Waals surface area contributed by atoms with E-state index in [9.17, 15) is 4.79 Å². The Balaban J connectivity index is 1.48. The number of aliphatic imine (C=N–C) groups is 1. The van der Waals surface area contributed by atoms with E-state index in [4.69, 9.17) is 9.47 Å². The second-order valence-electron chi connectivity index (χ2n) is 5.78. The molecule has 0 spiro atoms. The number of carbonyl (C=O) groups excluding carboxylic acids is 1. The number of fused-ring (bicyclic) bond motifs is 1. The van der Waals surface area contributed by atoms with Gasteiger partial charge in [-0.05, 0) is 35.4 Å². The van der Waals surface area contributed by atoms with Crippen LogP contribution in [0.15, 0.2) is 47.5 Å². The Morgan fingerprint density at radius 3 is 2.41 bits per heavy atom. The molecule has 27 heavy (non-hydrogen) atoms. The van der Waals surface area contributed by atoms with Gasteiger partial charge in [-0.1, -0.05) is 18.2 Å². The molecule has 0 saturated carbocycles. The van der Waals surface area contributed by atoms with E-state index in [1.165, 1.54) is 7.11 Å². The SMILES string of the molecule is CN=C(NCc1ccc(NC(=O)OC)cc1)NCc1ccc2c(c1)OCO2. The Bertz CT molecular complexity index is 821. The summed E-state index contributed by atoms with van der Waals surface area (Å²) in [5.41, 5.74) is 2.80. The summed E-state index contributed by atoms with van der Waals surface area (Å²) in [7, 11) is 3.05. The summed E-state index contributed by atoms with van der Waals surface area (Å²) in [5, 5.41) is 9.13. The number of amides is 1. The summed E-state index contributed by atoms with van der Waals surface area (Å²) in [5.74, 6) is 2.22. The highest BCUT2D eigenvalue weighted by atomic mass is 16.7. The van der Waals surface area contributed by atoms with E-state index in [0.717, 1.165) is 22.6 Å². The molecule has 142 valence electrons. The predicted octanol–water partition coefficient (Wildman–Crippen LogP) is 2.46. The van der Waals surface area contributed by atoms with Gasteiger partial charge in [-0.2, -0.15) is 0 Å².